The van der Waals surface area contributed by atoms with E-state index in [4.69, 9.17) is 10.00 Å². The Morgan fingerprint density at radius 3 is 2.75 bits per heavy atom. The predicted molar refractivity (Wildman–Crippen MR) is 109 cm³/mol. The van der Waals surface area contributed by atoms with Crippen molar-refractivity contribution < 1.29 is 9.53 Å². The smallest absolute Gasteiger partial charge is 0.254 e. The highest BCUT2D eigenvalue weighted by molar-refractivity contribution is 7.07. The SMILES string of the molecule is CCCN(Cc1ccc(C#N)cc1)C(=O)c1cccc(OCc2cscn2)c1. The van der Waals surface area contributed by atoms with Crippen LogP contribution < -0.4 is 4.74 Å². The number of rotatable bonds is 8. The van der Waals surface area contributed by atoms with Crippen molar-refractivity contribution in [2.24, 2.45) is 0 Å². The summed E-state index contributed by atoms with van der Waals surface area (Å²) in [5.74, 6) is 0.610. The molecule has 6 heteroatoms. The highest BCUT2D eigenvalue weighted by Gasteiger charge is 2.16. The van der Waals surface area contributed by atoms with E-state index < -0.39 is 0 Å². The molecule has 0 atom stereocenters. The Bertz CT molecular complexity index is 947. The van der Waals surface area contributed by atoms with Crippen LogP contribution in [0.25, 0.3) is 0 Å². The number of amides is 1. The lowest BCUT2D eigenvalue weighted by atomic mass is 10.1. The minimum Gasteiger partial charge on any atom is -0.487 e. The molecule has 1 aromatic heterocycles. The number of hydrogen-bond acceptors (Lipinski definition) is 5. The van der Waals surface area contributed by atoms with Crippen LogP contribution >= 0.6 is 11.3 Å². The zero-order valence-electron chi connectivity index (χ0n) is 15.7. The molecule has 2 aromatic carbocycles. The van der Waals surface area contributed by atoms with Gasteiger partial charge in [0.15, 0.2) is 0 Å². The molecule has 0 bridgehead atoms. The first kappa shape index (κ1) is 19.6. The van der Waals surface area contributed by atoms with E-state index in [1.54, 1.807) is 29.8 Å². The summed E-state index contributed by atoms with van der Waals surface area (Å²) in [5, 5.41) is 10.9. The molecule has 1 heterocycles. The fourth-order valence-electron chi connectivity index (χ4n) is 2.79. The van der Waals surface area contributed by atoms with Gasteiger partial charge in [-0.1, -0.05) is 25.1 Å². The van der Waals surface area contributed by atoms with Gasteiger partial charge in [-0.3, -0.25) is 4.79 Å². The molecule has 0 aliphatic rings. The van der Waals surface area contributed by atoms with E-state index in [0.29, 0.717) is 36.6 Å². The number of carbonyl (C=O) groups is 1. The molecule has 0 radical (unpaired) electrons. The van der Waals surface area contributed by atoms with E-state index >= 15 is 0 Å². The second-order valence-electron chi connectivity index (χ2n) is 6.33. The maximum absolute atomic E-state index is 13.1. The highest BCUT2D eigenvalue weighted by atomic mass is 32.1. The quantitative estimate of drug-likeness (QED) is 0.561. The zero-order chi connectivity index (χ0) is 19.8. The van der Waals surface area contributed by atoms with Gasteiger partial charge in [0, 0.05) is 24.0 Å². The third-order valence-electron chi connectivity index (χ3n) is 4.19. The molecular weight excluding hydrogens is 370 g/mol. The number of carbonyl (C=O) groups excluding carboxylic acids is 1. The molecule has 142 valence electrons. The number of ether oxygens (including phenoxy) is 1. The second kappa shape index (κ2) is 9.67. The Morgan fingerprint density at radius 1 is 1.25 bits per heavy atom. The van der Waals surface area contributed by atoms with Gasteiger partial charge in [0.05, 0.1) is 22.8 Å². The molecule has 3 rings (SSSR count). The van der Waals surface area contributed by atoms with E-state index in [2.05, 4.69) is 11.1 Å². The van der Waals surface area contributed by atoms with Gasteiger partial charge in [-0.15, -0.1) is 11.3 Å². The summed E-state index contributed by atoms with van der Waals surface area (Å²) >= 11 is 1.53. The lowest BCUT2D eigenvalue weighted by Gasteiger charge is -2.22. The van der Waals surface area contributed by atoms with Crippen molar-refractivity contribution in [1.82, 2.24) is 9.88 Å². The van der Waals surface area contributed by atoms with Gasteiger partial charge in [-0.25, -0.2) is 4.98 Å². The largest absolute Gasteiger partial charge is 0.487 e. The first-order valence-corrected chi connectivity index (χ1v) is 10.0. The van der Waals surface area contributed by atoms with Crippen LogP contribution in [0.1, 0.15) is 40.5 Å². The molecule has 0 aliphatic carbocycles. The Labute approximate surface area is 168 Å². The van der Waals surface area contributed by atoms with Gasteiger partial charge in [0.2, 0.25) is 0 Å². The fourth-order valence-corrected chi connectivity index (χ4v) is 3.34. The van der Waals surface area contributed by atoms with Crippen molar-refractivity contribution in [1.29, 1.82) is 5.26 Å². The van der Waals surface area contributed by atoms with Crippen molar-refractivity contribution >= 4 is 17.2 Å². The normalized spacial score (nSPS) is 10.3. The predicted octanol–water partition coefficient (Wildman–Crippen LogP) is 4.65. The molecule has 0 saturated carbocycles. The number of nitriles is 1. The van der Waals surface area contributed by atoms with Crippen LogP contribution in [0.15, 0.2) is 59.4 Å². The maximum Gasteiger partial charge on any atom is 0.254 e. The van der Waals surface area contributed by atoms with Crippen LogP contribution in [0, 0.1) is 11.3 Å². The van der Waals surface area contributed by atoms with Gasteiger partial charge in [-0.2, -0.15) is 5.26 Å². The Kier molecular flexibility index (Phi) is 6.77. The number of aromatic nitrogens is 1. The van der Waals surface area contributed by atoms with E-state index in [9.17, 15) is 4.79 Å². The molecule has 1 amide bonds. The van der Waals surface area contributed by atoms with E-state index in [-0.39, 0.29) is 5.91 Å². The van der Waals surface area contributed by atoms with E-state index in [0.717, 1.165) is 17.7 Å². The molecule has 0 N–H and O–H groups in total. The highest BCUT2D eigenvalue weighted by Crippen LogP contribution is 2.18. The lowest BCUT2D eigenvalue weighted by molar-refractivity contribution is 0.0742. The lowest BCUT2D eigenvalue weighted by Crippen LogP contribution is -2.31. The van der Waals surface area contributed by atoms with Crippen LogP contribution in [0.2, 0.25) is 0 Å². The van der Waals surface area contributed by atoms with Crippen molar-refractivity contribution in [3.05, 3.63) is 81.8 Å². The van der Waals surface area contributed by atoms with Crippen LogP contribution in [0.3, 0.4) is 0 Å². The third-order valence-corrected chi connectivity index (χ3v) is 4.82. The Hall–Kier alpha value is -3.17. The second-order valence-corrected chi connectivity index (χ2v) is 7.05. The molecule has 5 nitrogen and oxygen atoms in total. The van der Waals surface area contributed by atoms with Crippen LogP contribution in [0.4, 0.5) is 0 Å². The summed E-state index contributed by atoms with van der Waals surface area (Å²) in [6.45, 7) is 3.59. The molecular formula is C22H21N3O2S. The molecule has 3 aromatic rings. The molecule has 0 fully saturated rings. The van der Waals surface area contributed by atoms with Crippen LogP contribution in [-0.2, 0) is 13.2 Å². The van der Waals surface area contributed by atoms with Crippen molar-refractivity contribution in [2.75, 3.05) is 6.54 Å². The fraction of sp³-hybridized carbons (Fsp3) is 0.227. The monoisotopic (exact) mass is 391 g/mol. The summed E-state index contributed by atoms with van der Waals surface area (Å²) in [5.41, 5.74) is 4.84. The zero-order valence-corrected chi connectivity index (χ0v) is 16.5. The maximum atomic E-state index is 13.1. The van der Waals surface area contributed by atoms with E-state index in [1.165, 1.54) is 11.3 Å². The summed E-state index contributed by atoms with van der Waals surface area (Å²) in [7, 11) is 0. The van der Waals surface area contributed by atoms with Crippen molar-refractivity contribution in [3.8, 4) is 11.8 Å². The average molecular weight is 391 g/mol. The Balaban J connectivity index is 1.71. The standard InChI is InChI=1S/C22H21N3O2S/c1-2-10-25(13-18-8-6-17(12-23)7-9-18)22(26)19-4-3-5-21(11-19)27-14-20-15-28-16-24-20/h3-9,11,15-16H,2,10,13-14H2,1H3. The van der Waals surface area contributed by atoms with Gasteiger partial charge in [-0.05, 0) is 42.3 Å². The van der Waals surface area contributed by atoms with Gasteiger partial charge >= 0.3 is 0 Å². The van der Waals surface area contributed by atoms with Crippen LogP contribution in [0.5, 0.6) is 5.75 Å². The van der Waals surface area contributed by atoms with Gasteiger partial charge in [0.1, 0.15) is 12.4 Å². The Morgan fingerprint density at radius 2 is 2.07 bits per heavy atom. The summed E-state index contributed by atoms with van der Waals surface area (Å²) in [6.07, 6.45) is 0.863. The number of hydrogen-bond donors (Lipinski definition) is 0. The first-order valence-electron chi connectivity index (χ1n) is 9.08. The number of thiazole rings is 1. The third kappa shape index (κ3) is 5.18. The molecule has 28 heavy (non-hydrogen) atoms. The van der Waals surface area contributed by atoms with Crippen LogP contribution in [-0.4, -0.2) is 22.3 Å². The van der Waals surface area contributed by atoms with Crippen molar-refractivity contribution in [3.63, 3.8) is 0 Å². The summed E-state index contributed by atoms with van der Waals surface area (Å²) < 4.78 is 5.77. The first-order chi connectivity index (χ1) is 13.7. The number of benzene rings is 2. The topological polar surface area (TPSA) is 66.2 Å². The van der Waals surface area contributed by atoms with Gasteiger partial charge < -0.3 is 9.64 Å². The average Bonchev–Trinajstić information content (AvgIpc) is 3.26. The molecule has 0 spiro atoms. The minimum absolute atomic E-state index is 0.0367. The molecule has 0 unspecified atom stereocenters. The number of nitrogens with zero attached hydrogens (tertiary/aromatic N) is 3. The minimum atomic E-state index is -0.0367. The molecule has 0 saturated heterocycles. The summed E-state index contributed by atoms with van der Waals surface area (Å²) in [4.78, 5) is 19.1. The van der Waals surface area contributed by atoms with Crippen molar-refractivity contribution in [2.45, 2.75) is 26.5 Å². The van der Waals surface area contributed by atoms with Gasteiger partial charge in [0.25, 0.3) is 5.91 Å². The van der Waals surface area contributed by atoms with E-state index in [1.807, 2.05) is 41.5 Å². The summed E-state index contributed by atoms with van der Waals surface area (Å²) in [6, 6.07) is 16.7. The molecule has 0 aliphatic heterocycles.